The molecule has 4 nitrogen and oxygen atoms in total. The Morgan fingerprint density at radius 2 is 2.38 bits per heavy atom. The summed E-state index contributed by atoms with van der Waals surface area (Å²) < 4.78 is 2.04. The number of imidazole rings is 1. The number of carbonyl (C=O) groups excluding carboxylic acids is 1. The van der Waals surface area contributed by atoms with Gasteiger partial charge in [-0.1, -0.05) is 15.9 Å². The van der Waals surface area contributed by atoms with E-state index in [9.17, 15) is 4.79 Å². The Morgan fingerprint density at radius 1 is 1.50 bits per heavy atom. The van der Waals surface area contributed by atoms with Gasteiger partial charge in [0.05, 0.1) is 6.33 Å². The fourth-order valence-corrected chi connectivity index (χ4v) is 2.47. The molecule has 2 heterocycles. The predicted molar refractivity (Wildman–Crippen MR) is 65.3 cm³/mol. The van der Waals surface area contributed by atoms with Gasteiger partial charge in [0.1, 0.15) is 0 Å². The van der Waals surface area contributed by atoms with Crippen LogP contribution in [0.2, 0.25) is 0 Å². The van der Waals surface area contributed by atoms with Crippen molar-refractivity contribution in [3.63, 3.8) is 0 Å². The number of aromatic nitrogens is 2. The van der Waals surface area contributed by atoms with Gasteiger partial charge in [-0.3, -0.25) is 4.79 Å². The van der Waals surface area contributed by atoms with Crippen LogP contribution in [0.1, 0.15) is 12.8 Å². The van der Waals surface area contributed by atoms with Crippen LogP contribution < -0.4 is 0 Å². The molecule has 0 spiro atoms. The van der Waals surface area contributed by atoms with Gasteiger partial charge >= 0.3 is 0 Å². The first-order chi connectivity index (χ1) is 7.79. The number of hydrogen-bond donors (Lipinski definition) is 0. The number of halogens is 1. The molecule has 1 saturated heterocycles. The predicted octanol–water partition coefficient (Wildman–Crippen LogP) is 1.52. The monoisotopic (exact) mass is 285 g/mol. The van der Waals surface area contributed by atoms with Crippen LogP contribution in [0.15, 0.2) is 18.7 Å². The Labute approximate surface area is 104 Å². The Morgan fingerprint density at radius 3 is 3.00 bits per heavy atom. The van der Waals surface area contributed by atoms with E-state index < -0.39 is 0 Å². The lowest BCUT2D eigenvalue weighted by Crippen LogP contribution is -2.27. The quantitative estimate of drug-likeness (QED) is 0.770. The van der Waals surface area contributed by atoms with Crippen LogP contribution in [0.4, 0.5) is 0 Å². The van der Waals surface area contributed by atoms with E-state index in [0.29, 0.717) is 18.2 Å². The summed E-state index contributed by atoms with van der Waals surface area (Å²) in [7, 11) is 0. The van der Waals surface area contributed by atoms with Crippen molar-refractivity contribution >= 4 is 21.8 Å². The van der Waals surface area contributed by atoms with Gasteiger partial charge < -0.3 is 9.47 Å². The number of amides is 1. The maximum atomic E-state index is 11.6. The molecule has 1 aliphatic heterocycles. The average Bonchev–Trinajstić information content (AvgIpc) is 2.89. The molecule has 0 aromatic carbocycles. The van der Waals surface area contributed by atoms with E-state index in [1.54, 1.807) is 6.20 Å². The zero-order valence-corrected chi connectivity index (χ0v) is 10.8. The molecule has 16 heavy (non-hydrogen) atoms. The third-order valence-electron chi connectivity index (χ3n) is 2.92. The minimum atomic E-state index is 0.301. The fraction of sp³-hybridized carbons (Fsp3) is 0.636. The summed E-state index contributed by atoms with van der Waals surface area (Å²) in [6.07, 6.45) is 7.25. The molecule has 0 radical (unpaired) electrons. The molecule has 1 unspecified atom stereocenters. The second-order valence-electron chi connectivity index (χ2n) is 4.22. The summed E-state index contributed by atoms with van der Waals surface area (Å²) in [4.78, 5) is 17.6. The number of carbonyl (C=O) groups is 1. The van der Waals surface area contributed by atoms with Crippen LogP contribution in [-0.4, -0.2) is 38.8 Å². The van der Waals surface area contributed by atoms with Crippen molar-refractivity contribution in [3.05, 3.63) is 18.7 Å². The molecule has 5 heteroatoms. The first kappa shape index (κ1) is 11.6. The first-order valence-corrected chi connectivity index (χ1v) is 6.71. The molecule has 0 saturated carbocycles. The van der Waals surface area contributed by atoms with Gasteiger partial charge in [-0.05, 0) is 12.3 Å². The molecule has 1 aromatic rings. The van der Waals surface area contributed by atoms with Crippen molar-refractivity contribution in [1.29, 1.82) is 0 Å². The summed E-state index contributed by atoms with van der Waals surface area (Å²) in [6.45, 7) is 2.71. The van der Waals surface area contributed by atoms with Crippen molar-refractivity contribution in [3.8, 4) is 0 Å². The van der Waals surface area contributed by atoms with Crippen LogP contribution in [-0.2, 0) is 11.3 Å². The number of aryl methyl sites for hydroxylation is 1. The molecule has 1 aromatic heterocycles. The third kappa shape index (κ3) is 2.84. The van der Waals surface area contributed by atoms with E-state index in [1.807, 2.05) is 22.0 Å². The standard InChI is InChI=1S/C11H16BrN3O/c12-7-10-6-11(16)15(8-10)4-1-3-14-5-2-13-9-14/h2,5,9-10H,1,3-4,6-8H2. The highest BCUT2D eigenvalue weighted by Gasteiger charge is 2.27. The van der Waals surface area contributed by atoms with Gasteiger partial charge in [-0.15, -0.1) is 0 Å². The van der Waals surface area contributed by atoms with Crippen LogP contribution >= 0.6 is 15.9 Å². The molecular formula is C11H16BrN3O. The minimum absolute atomic E-state index is 0.301. The van der Waals surface area contributed by atoms with Crippen LogP contribution in [0, 0.1) is 5.92 Å². The number of hydrogen-bond acceptors (Lipinski definition) is 2. The Balaban J connectivity index is 1.72. The molecule has 0 aliphatic carbocycles. The normalized spacial score (nSPS) is 20.7. The molecular weight excluding hydrogens is 270 g/mol. The van der Waals surface area contributed by atoms with E-state index >= 15 is 0 Å². The zero-order chi connectivity index (χ0) is 11.4. The van der Waals surface area contributed by atoms with Gasteiger partial charge in [0.25, 0.3) is 0 Å². The van der Waals surface area contributed by atoms with Crippen molar-refractivity contribution in [1.82, 2.24) is 14.5 Å². The highest BCUT2D eigenvalue weighted by Crippen LogP contribution is 2.19. The number of likely N-dealkylation sites (tertiary alicyclic amines) is 1. The van der Waals surface area contributed by atoms with Crippen LogP contribution in [0.3, 0.4) is 0 Å². The van der Waals surface area contributed by atoms with Crippen molar-refractivity contribution in [2.24, 2.45) is 5.92 Å². The summed E-state index contributed by atoms with van der Waals surface area (Å²) >= 11 is 3.44. The minimum Gasteiger partial charge on any atom is -0.342 e. The number of nitrogens with zero attached hydrogens (tertiary/aromatic N) is 3. The summed E-state index contributed by atoms with van der Waals surface area (Å²) in [5.41, 5.74) is 0. The van der Waals surface area contributed by atoms with Gasteiger partial charge in [-0.2, -0.15) is 0 Å². The summed E-state index contributed by atoms with van der Waals surface area (Å²) in [5.74, 6) is 0.802. The van der Waals surface area contributed by atoms with E-state index in [4.69, 9.17) is 0 Å². The summed E-state index contributed by atoms with van der Waals surface area (Å²) in [6, 6.07) is 0. The molecule has 1 aliphatic rings. The van der Waals surface area contributed by atoms with Crippen molar-refractivity contribution < 1.29 is 4.79 Å². The molecule has 1 fully saturated rings. The van der Waals surface area contributed by atoms with Crippen molar-refractivity contribution in [2.75, 3.05) is 18.4 Å². The zero-order valence-electron chi connectivity index (χ0n) is 9.18. The van der Waals surface area contributed by atoms with Crippen LogP contribution in [0.25, 0.3) is 0 Å². The third-order valence-corrected chi connectivity index (χ3v) is 3.83. The second kappa shape index (κ2) is 5.48. The maximum absolute atomic E-state index is 11.6. The highest BCUT2D eigenvalue weighted by molar-refractivity contribution is 9.09. The maximum Gasteiger partial charge on any atom is 0.222 e. The van der Waals surface area contributed by atoms with E-state index in [2.05, 4.69) is 20.9 Å². The fourth-order valence-electron chi connectivity index (χ4n) is 2.04. The van der Waals surface area contributed by atoms with E-state index in [-0.39, 0.29) is 0 Å². The molecule has 88 valence electrons. The van der Waals surface area contributed by atoms with Gasteiger partial charge in [0, 0.05) is 43.8 Å². The lowest BCUT2D eigenvalue weighted by atomic mass is 10.2. The lowest BCUT2D eigenvalue weighted by molar-refractivity contribution is -0.127. The Bertz CT molecular complexity index is 339. The first-order valence-electron chi connectivity index (χ1n) is 5.59. The van der Waals surface area contributed by atoms with Gasteiger partial charge in [0.15, 0.2) is 0 Å². The topological polar surface area (TPSA) is 38.1 Å². The number of alkyl halides is 1. The molecule has 0 N–H and O–H groups in total. The Hall–Kier alpha value is -0.840. The van der Waals surface area contributed by atoms with Crippen molar-refractivity contribution in [2.45, 2.75) is 19.4 Å². The van der Waals surface area contributed by atoms with E-state index in [1.165, 1.54) is 0 Å². The summed E-state index contributed by atoms with van der Waals surface area (Å²) in [5, 5.41) is 0.927. The second-order valence-corrected chi connectivity index (χ2v) is 4.87. The highest BCUT2D eigenvalue weighted by atomic mass is 79.9. The van der Waals surface area contributed by atoms with Gasteiger partial charge in [-0.25, -0.2) is 4.98 Å². The smallest absolute Gasteiger partial charge is 0.222 e. The van der Waals surface area contributed by atoms with Crippen LogP contribution in [0.5, 0.6) is 0 Å². The molecule has 2 rings (SSSR count). The number of rotatable bonds is 5. The molecule has 0 bridgehead atoms. The Kier molecular flexibility index (Phi) is 3.98. The van der Waals surface area contributed by atoms with Gasteiger partial charge in [0.2, 0.25) is 5.91 Å². The molecule has 1 amide bonds. The molecule has 1 atom stereocenters. The largest absolute Gasteiger partial charge is 0.342 e. The lowest BCUT2D eigenvalue weighted by Gasteiger charge is -2.16. The van der Waals surface area contributed by atoms with E-state index in [0.717, 1.165) is 31.4 Å². The SMILES string of the molecule is O=C1CC(CBr)CN1CCCn1ccnc1. The average molecular weight is 286 g/mol.